The maximum Gasteiger partial charge on any atom is 0.297 e. The molecule has 0 amide bonds. The van der Waals surface area contributed by atoms with Gasteiger partial charge in [-0.1, -0.05) is 42.5 Å². The molecule has 0 saturated heterocycles. The summed E-state index contributed by atoms with van der Waals surface area (Å²) >= 11 is 0. The number of hydrogen-bond acceptors (Lipinski definition) is 6. The summed E-state index contributed by atoms with van der Waals surface area (Å²) in [6.07, 6.45) is 0.673. The summed E-state index contributed by atoms with van der Waals surface area (Å²) in [6.45, 7) is 0. The van der Waals surface area contributed by atoms with Crippen LogP contribution in [0.3, 0.4) is 0 Å². The third-order valence-electron chi connectivity index (χ3n) is 5.32. The largest absolute Gasteiger partial charge is 0.480 e. The van der Waals surface area contributed by atoms with Gasteiger partial charge in [-0.2, -0.15) is 5.26 Å². The number of nitro groups is 1. The number of benzene rings is 2. The SMILES string of the molecule is N#CC1=C(O)OC2=C(C(=O)C[C@H](c3ccccc3)C2)[C@H]1c1ccc([N+](=O)[O-])cc1. The Hall–Kier alpha value is -3.92. The van der Waals surface area contributed by atoms with E-state index in [2.05, 4.69) is 0 Å². The molecular weight excluding hydrogens is 372 g/mol. The number of carbonyl (C=O) groups is 1. The quantitative estimate of drug-likeness (QED) is 0.616. The molecule has 2 aromatic rings. The molecule has 0 unspecified atom stereocenters. The Labute approximate surface area is 166 Å². The Bertz CT molecular complexity index is 1090. The molecular formula is C22H16N2O5. The minimum Gasteiger partial charge on any atom is -0.480 e. The molecule has 2 aromatic carbocycles. The molecule has 1 aliphatic heterocycles. The normalized spacial score (nSPS) is 21.3. The van der Waals surface area contributed by atoms with Crippen LogP contribution in [0.1, 0.15) is 35.8 Å². The van der Waals surface area contributed by atoms with Crippen LogP contribution in [0.2, 0.25) is 0 Å². The number of rotatable bonds is 3. The lowest BCUT2D eigenvalue weighted by molar-refractivity contribution is -0.384. The second-order valence-corrected chi connectivity index (χ2v) is 6.99. The molecule has 0 spiro atoms. The predicted molar refractivity (Wildman–Crippen MR) is 103 cm³/mol. The molecule has 2 aliphatic rings. The average Bonchev–Trinajstić information content (AvgIpc) is 2.73. The fraction of sp³-hybridized carbons (Fsp3) is 0.182. The molecule has 0 radical (unpaired) electrons. The first-order chi connectivity index (χ1) is 14.0. The van der Waals surface area contributed by atoms with Gasteiger partial charge in [0, 0.05) is 30.5 Å². The second kappa shape index (κ2) is 7.24. The van der Waals surface area contributed by atoms with Crippen LogP contribution in [-0.2, 0) is 9.53 Å². The predicted octanol–water partition coefficient (Wildman–Crippen LogP) is 4.40. The number of aliphatic hydroxyl groups excluding tert-OH is 1. The van der Waals surface area contributed by atoms with Gasteiger partial charge in [0.25, 0.3) is 11.6 Å². The molecule has 4 rings (SSSR count). The Balaban J connectivity index is 1.77. The van der Waals surface area contributed by atoms with E-state index in [9.17, 15) is 25.3 Å². The summed E-state index contributed by atoms with van der Waals surface area (Å²) in [5, 5.41) is 30.8. The van der Waals surface area contributed by atoms with Crippen LogP contribution in [0.5, 0.6) is 0 Å². The number of non-ortho nitro benzene ring substituents is 1. The van der Waals surface area contributed by atoms with Gasteiger partial charge in [-0.25, -0.2) is 0 Å². The van der Waals surface area contributed by atoms with Gasteiger partial charge in [-0.3, -0.25) is 14.9 Å². The zero-order valence-corrected chi connectivity index (χ0v) is 15.2. The zero-order valence-electron chi connectivity index (χ0n) is 15.2. The van der Waals surface area contributed by atoms with E-state index in [0.717, 1.165) is 5.56 Å². The summed E-state index contributed by atoms with van der Waals surface area (Å²) in [7, 11) is 0. The first-order valence-electron chi connectivity index (χ1n) is 9.06. The van der Waals surface area contributed by atoms with Crippen LogP contribution in [0.4, 0.5) is 5.69 Å². The lowest BCUT2D eigenvalue weighted by atomic mass is 9.74. The highest BCUT2D eigenvalue weighted by Crippen LogP contribution is 2.47. The van der Waals surface area contributed by atoms with E-state index < -0.39 is 16.8 Å². The first kappa shape index (κ1) is 18.4. The number of nitro benzene ring substituents is 1. The third-order valence-corrected chi connectivity index (χ3v) is 5.32. The number of hydrogen-bond donors (Lipinski definition) is 1. The molecule has 2 atom stereocenters. The maximum absolute atomic E-state index is 13.1. The summed E-state index contributed by atoms with van der Waals surface area (Å²) in [5.41, 5.74) is 1.67. The molecule has 29 heavy (non-hydrogen) atoms. The summed E-state index contributed by atoms with van der Waals surface area (Å²) < 4.78 is 5.49. The Kier molecular flexibility index (Phi) is 4.61. The molecule has 1 N–H and O–H groups in total. The van der Waals surface area contributed by atoms with Crippen molar-refractivity contribution in [3.8, 4) is 6.07 Å². The number of carbonyl (C=O) groups excluding carboxylic acids is 1. The van der Waals surface area contributed by atoms with Crippen molar-refractivity contribution in [1.82, 2.24) is 0 Å². The minimum absolute atomic E-state index is 0.0795. The second-order valence-electron chi connectivity index (χ2n) is 6.99. The van der Waals surface area contributed by atoms with Crippen molar-refractivity contribution in [2.45, 2.75) is 24.7 Å². The van der Waals surface area contributed by atoms with Crippen molar-refractivity contribution in [3.63, 3.8) is 0 Å². The van der Waals surface area contributed by atoms with Crippen LogP contribution >= 0.6 is 0 Å². The topological polar surface area (TPSA) is 113 Å². The van der Waals surface area contributed by atoms with E-state index in [-0.39, 0.29) is 29.4 Å². The van der Waals surface area contributed by atoms with Gasteiger partial charge in [0.1, 0.15) is 17.4 Å². The van der Waals surface area contributed by atoms with Gasteiger partial charge in [0.15, 0.2) is 5.78 Å². The average molecular weight is 388 g/mol. The fourth-order valence-electron chi connectivity index (χ4n) is 3.95. The van der Waals surface area contributed by atoms with Crippen molar-refractivity contribution >= 4 is 11.5 Å². The standard InChI is InChI=1S/C22H16N2O5/c23-12-17-20(14-6-8-16(9-7-14)24(27)28)21-18(25)10-15(11-19(21)29-22(17)26)13-4-2-1-3-5-13/h1-9,15,20,26H,10-11H2/t15-,20-/m0/s1. The van der Waals surface area contributed by atoms with Gasteiger partial charge in [0.05, 0.1) is 10.8 Å². The van der Waals surface area contributed by atoms with Crippen molar-refractivity contribution in [2.24, 2.45) is 0 Å². The van der Waals surface area contributed by atoms with Crippen molar-refractivity contribution in [3.05, 3.63) is 98.7 Å². The van der Waals surface area contributed by atoms with E-state index in [1.54, 1.807) is 0 Å². The van der Waals surface area contributed by atoms with Crippen molar-refractivity contribution in [1.29, 1.82) is 5.26 Å². The molecule has 144 valence electrons. The van der Waals surface area contributed by atoms with Crippen LogP contribution in [-0.4, -0.2) is 15.8 Å². The molecule has 0 aromatic heterocycles. The molecule has 0 saturated carbocycles. The highest BCUT2D eigenvalue weighted by Gasteiger charge is 2.41. The van der Waals surface area contributed by atoms with Crippen LogP contribution in [0.15, 0.2) is 77.4 Å². The smallest absolute Gasteiger partial charge is 0.297 e. The van der Waals surface area contributed by atoms with Gasteiger partial charge in [-0.15, -0.1) is 0 Å². The van der Waals surface area contributed by atoms with Gasteiger partial charge < -0.3 is 9.84 Å². The van der Waals surface area contributed by atoms with Crippen LogP contribution < -0.4 is 0 Å². The zero-order chi connectivity index (χ0) is 20.5. The Morgan fingerprint density at radius 2 is 1.76 bits per heavy atom. The van der Waals surface area contributed by atoms with Gasteiger partial charge >= 0.3 is 0 Å². The summed E-state index contributed by atoms with van der Waals surface area (Å²) in [4.78, 5) is 23.5. The number of nitriles is 1. The third kappa shape index (κ3) is 3.25. The highest BCUT2D eigenvalue weighted by atomic mass is 16.6. The maximum atomic E-state index is 13.1. The van der Waals surface area contributed by atoms with Crippen molar-refractivity contribution in [2.75, 3.05) is 0 Å². The molecule has 1 aliphatic carbocycles. The van der Waals surface area contributed by atoms with Gasteiger partial charge in [-0.05, 0) is 17.0 Å². The molecule has 7 heteroatoms. The van der Waals surface area contributed by atoms with Gasteiger partial charge in [0.2, 0.25) is 0 Å². The number of ether oxygens (including phenoxy) is 1. The van der Waals surface area contributed by atoms with E-state index in [4.69, 9.17) is 4.74 Å². The molecule has 7 nitrogen and oxygen atoms in total. The summed E-state index contributed by atoms with van der Waals surface area (Å²) in [6, 6.07) is 17.1. The highest BCUT2D eigenvalue weighted by molar-refractivity contribution is 6.00. The number of allylic oxidation sites excluding steroid dienone is 3. The lowest BCUT2D eigenvalue weighted by Gasteiger charge is -2.33. The minimum atomic E-state index is -0.811. The van der Waals surface area contributed by atoms with E-state index in [1.165, 1.54) is 24.3 Å². The number of ketones is 1. The van der Waals surface area contributed by atoms with Crippen molar-refractivity contribution < 1.29 is 19.6 Å². The number of nitrogens with zero attached hydrogens (tertiary/aromatic N) is 2. The molecule has 1 heterocycles. The molecule has 0 fully saturated rings. The monoisotopic (exact) mass is 388 g/mol. The van der Waals surface area contributed by atoms with E-state index in [0.29, 0.717) is 23.3 Å². The van der Waals surface area contributed by atoms with Crippen LogP contribution in [0.25, 0.3) is 0 Å². The lowest BCUT2D eigenvalue weighted by Crippen LogP contribution is -2.28. The van der Waals surface area contributed by atoms with E-state index >= 15 is 0 Å². The number of Topliss-reactive ketones (excluding diaryl/α,β-unsaturated/α-hetero) is 1. The fourth-order valence-corrected chi connectivity index (χ4v) is 3.95. The van der Waals surface area contributed by atoms with E-state index in [1.807, 2.05) is 36.4 Å². The number of aliphatic hydroxyl groups is 1. The van der Waals surface area contributed by atoms with Crippen LogP contribution in [0, 0.1) is 21.4 Å². The first-order valence-corrected chi connectivity index (χ1v) is 9.06. The Morgan fingerprint density at radius 3 is 2.38 bits per heavy atom. The summed E-state index contributed by atoms with van der Waals surface area (Å²) in [5.74, 6) is -1.25. The Morgan fingerprint density at radius 1 is 1.07 bits per heavy atom. The molecule has 0 bridgehead atoms.